The second-order valence-electron chi connectivity index (χ2n) is 4.44. The number of nitrogens with zero attached hydrogens (tertiary/aromatic N) is 1. The molecule has 2 atom stereocenters. The van der Waals surface area contributed by atoms with Crippen LogP contribution in [0.2, 0.25) is 4.34 Å². The molecule has 2 unspecified atom stereocenters. The maximum atomic E-state index is 6.06. The van der Waals surface area contributed by atoms with Crippen LogP contribution < -0.4 is 5.73 Å². The summed E-state index contributed by atoms with van der Waals surface area (Å²) in [5.74, 6) is 0.898. The number of likely N-dealkylation sites (N-methyl/N-ethyl adjacent to an activating group) is 1. The zero-order valence-corrected chi connectivity index (χ0v) is 12.0. The highest BCUT2D eigenvalue weighted by Crippen LogP contribution is 2.27. The van der Waals surface area contributed by atoms with Crippen molar-refractivity contribution in [2.75, 3.05) is 7.05 Å². The Bertz CT molecular complexity index is 481. The zero-order valence-electron chi connectivity index (χ0n) is 10.5. The Kier molecular flexibility index (Phi) is 4.45. The first-order valence-electron chi connectivity index (χ1n) is 5.81. The van der Waals surface area contributed by atoms with Gasteiger partial charge in [-0.15, -0.1) is 11.3 Å². The summed E-state index contributed by atoms with van der Waals surface area (Å²) in [6, 6.07) is 7.89. The lowest BCUT2D eigenvalue weighted by molar-refractivity contribution is 0.185. The van der Waals surface area contributed by atoms with E-state index in [-0.39, 0.29) is 12.1 Å². The average molecular weight is 285 g/mol. The van der Waals surface area contributed by atoms with Gasteiger partial charge in [-0.25, -0.2) is 0 Å². The largest absolute Gasteiger partial charge is 0.468 e. The fraction of sp³-hybridized carbons (Fsp3) is 0.385. The minimum Gasteiger partial charge on any atom is -0.468 e. The Morgan fingerprint density at radius 3 is 2.72 bits per heavy atom. The summed E-state index contributed by atoms with van der Waals surface area (Å²) >= 11 is 7.54. The van der Waals surface area contributed by atoms with Crippen LogP contribution in [-0.2, 0) is 6.54 Å². The average Bonchev–Trinajstić information content (AvgIpc) is 2.90. The molecule has 2 rings (SSSR count). The zero-order chi connectivity index (χ0) is 13.1. The van der Waals surface area contributed by atoms with Crippen LogP contribution in [0.3, 0.4) is 0 Å². The van der Waals surface area contributed by atoms with Crippen molar-refractivity contribution in [3.8, 4) is 0 Å². The fourth-order valence-electron chi connectivity index (χ4n) is 2.12. The Morgan fingerprint density at radius 1 is 1.44 bits per heavy atom. The molecule has 0 aromatic carbocycles. The Morgan fingerprint density at radius 2 is 2.22 bits per heavy atom. The summed E-state index contributed by atoms with van der Waals surface area (Å²) in [6.45, 7) is 2.80. The SMILES string of the molecule is CC(N)C(c1ccco1)N(C)Cc1ccc(Cl)s1. The molecule has 0 fully saturated rings. The third-order valence-electron chi connectivity index (χ3n) is 2.84. The van der Waals surface area contributed by atoms with Gasteiger partial charge >= 0.3 is 0 Å². The van der Waals surface area contributed by atoms with Gasteiger partial charge in [-0.3, -0.25) is 4.90 Å². The second kappa shape index (κ2) is 5.89. The van der Waals surface area contributed by atoms with Crippen LogP contribution in [0, 0.1) is 0 Å². The van der Waals surface area contributed by atoms with Crippen molar-refractivity contribution < 1.29 is 4.42 Å². The number of halogens is 1. The summed E-state index contributed by atoms with van der Waals surface area (Å²) in [6.07, 6.45) is 1.68. The predicted molar refractivity (Wildman–Crippen MR) is 75.9 cm³/mol. The molecule has 18 heavy (non-hydrogen) atoms. The van der Waals surface area contributed by atoms with Crippen LogP contribution in [0.15, 0.2) is 34.9 Å². The topological polar surface area (TPSA) is 42.4 Å². The standard InChI is InChI=1S/C13H17ClN2OS/c1-9(15)13(11-4-3-7-17-11)16(2)8-10-5-6-12(14)18-10/h3-7,9,13H,8,15H2,1-2H3. The summed E-state index contributed by atoms with van der Waals surface area (Å²) in [5.41, 5.74) is 6.06. The molecule has 0 amide bonds. The van der Waals surface area contributed by atoms with E-state index in [1.54, 1.807) is 17.6 Å². The number of nitrogens with two attached hydrogens (primary N) is 1. The summed E-state index contributed by atoms with van der Waals surface area (Å²) in [4.78, 5) is 3.41. The summed E-state index contributed by atoms with van der Waals surface area (Å²) < 4.78 is 6.29. The van der Waals surface area contributed by atoms with E-state index in [0.717, 1.165) is 16.6 Å². The van der Waals surface area contributed by atoms with E-state index < -0.39 is 0 Å². The van der Waals surface area contributed by atoms with E-state index in [9.17, 15) is 0 Å². The van der Waals surface area contributed by atoms with Crippen molar-refractivity contribution >= 4 is 22.9 Å². The van der Waals surface area contributed by atoms with Gasteiger partial charge in [0.05, 0.1) is 16.6 Å². The smallest absolute Gasteiger partial charge is 0.122 e. The quantitative estimate of drug-likeness (QED) is 0.913. The highest BCUT2D eigenvalue weighted by atomic mass is 35.5. The molecule has 0 bridgehead atoms. The lowest BCUT2D eigenvalue weighted by atomic mass is 10.1. The molecule has 0 saturated carbocycles. The lowest BCUT2D eigenvalue weighted by Crippen LogP contribution is -2.36. The van der Waals surface area contributed by atoms with Gasteiger partial charge in [0.2, 0.25) is 0 Å². The molecule has 2 aromatic heterocycles. The van der Waals surface area contributed by atoms with Crippen LogP contribution in [-0.4, -0.2) is 18.0 Å². The molecule has 2 aromatic rings. The maximum Gasteiger partial charge on any atom is 0.122 e. The van der Waals surface area contributed by atoms with E-state index in [1.807, 2.05) is 38.2 Å². The Balaban J connectivity index is 2.11. The first kappa shape index (κ1) is 13.6. The molecular formula is C13H17ClN2OS. The van der Waals surface area contributed by atoms with Gasteiger partial charge in [0.25, 0.3) is 0 Å². The van der Waals surface area contributed by atoms with E-state index in [4.69, 9.17) is 21.8 Å². The molecule has 0 spiro atoms. The van der Waals surface area contributed by atoms with Crippen LogP contribution in [0.5, 0.6) is 0 Å². The number of hydrogen-bond donors (Lipinski definition) is 1. The molecule has 5 heteroatoms. The Hall–Kier alpha value is -0.810. The first-order chi connectivity index (χ1) is 8.58. The van der Waals surface area contributed by atoms with Crippen molar-refractivity contribution in [3.63, 3.8) is 0 Å². The van der Waals surface area contributed by atoms with Crippen molar-refractivity contribution in [1.82, 2.24) is 4.90 Å². The van der Waals surface area contributed by atoms with Gasteiger partial charge in [-0.05, 0) is 38.2 Å². The number of hydrogen-bond acceptors (Lipinski definition) is 4. The normalized spacial score (nSPS) is 14.9. The van der Waals surface area contributed by atoms with Crippen molar-refractivity contribution in [1.29, 1.82) is 0 Å². The summed E-state index contributed by atoms with van der Waals surface area (Å²) in [7, 11) is 2.05. The van der Waals surface area contributed by atoms with Gasteiger partial charge in [-0.1, -0.05) is 11.6 Å². The predicted octanol–water partition coefficient (Wildman–Crippen LogP) is 3.51. The molecule has 3 nitrogen and oxygen atoms in total. The monoisotopic (exact) mass is 284 g/mol. The van der Waals surface area contributed by atoms with Gasteiger partial charge in [0, 0.05) is 17.5 Å². The molecule has 2 heterocycles. The van der Waals surface area contributed by atoms with E-state index in [0.29, 0.717) is 0 Å². The number of rotatable bonds is 5. The maximum absolute atomic E-state index is 6.06. The van der Waals surface area contributed by atoms with Gasteiger partial charge in [0.1, 0.15) is 5.76 Å². The molecule has 0 aliphatic carbocycles. The number of thiophene rings is 1. The van der Waals surface area contributed by atoms with Crippen LogP contribution in [0.1, 0.15) is 23.6 Å². The van der Waals surface area contributed by atoms with Gasteiger partial charge in [0.15, 0.2) is 0 Å². The minimum atomic E-state index is -0.00316. The third-order valence-corrected chi connectivity index (χ3v) is 4.06. The third kappa shape index (κ3) is 3.14. The van der Waals surface area contributed by atoms with Gasteiger partial charge in [-0.2, -0.15) is 0 Å². The van der Waals surface area contributed by atoms with E-state index in [1.165, 1.54) is 4.88 Å². The summed E-state index contributed by atoms with van der Waals surface area (Å²) in [5, 5.41) is 0. The van der Waals surface area contributed by atoms with Crippen molar-refractivity contribution in [2.45, 2.75) is 25.6 Å². The molecule has 0 aliphatic rings. The minimum absolute atomic E-state index is 0.00316. The first-order valence-corrected chi connectivity index (χ1v) is 7.01. The fourth-order valence-corrected chi connectivity index (χ4v) is 3.27. The van der Waals surface area contributed by atoms with Gasteiger partial charge < -0.3 is 10.2 Å². The molecule has 0 aliphatic heterocycles. The highest BCUT2D eigenvalue weighted by molar-refractivity contribution is 7.16. The molecule has 98 valence electrons. The molecule has 0 saturated heterocycles. The van der Waals surface area contributed by atoms with Crippen LogP contribution in [0.25, 0.3) is 0 Å². The highest BCUT2D eigenvalue weighted by Gasteiger charge is 2.24. The second-order valence-corrected chi connectivity index (χ2v) is 6.24. The molecule has 2 N–H and O–H groups in total. The van der Waals surface area contributed by atoms with Crippen molar-refractivity contribution in [3.05, 3.63) is 45.5 Å². The molecular weight excluding hydrogens is 268 g/mol. The molecule has 0 radical (unpaired) electrons. The van der Waals surface area contributed by atoms with Crippen LogP contribution >= 0.6 is 22.9 Å². The van der Waals surface area contributed by atoms with Crippen LogP contribution in [0.4, 0.5) is 0 Å². The van der Waals surface area contributed by atoms with Crippen molar-refractivity contribution in [2.24, 2.45) is 5.73 Å². The number of furan rings is 1. The van der Waals surface area contributed by atoms with E-state index in [2.05, 4.69) is 4.90 Å². The lowest BCUT2D eigenvalue weighted by Gasteiger charge is -2.28. The Labute approximate surface area is 116 Å². The van der Waals surface area contributed by atoms with E-state index >= 15 is 0 Å².